The van der Waals surface area contributed by atoms with Crippen LogP contribution in [-0.2, 0) is 4.79 Å². The highest BCUT2D eigenvalue weighted by Crippen LogP contribution is 2.47. The van der Waals surface area contributed by atoms with E-state index in [1.165, 1.54) is 6.33 Å². The normalized spacial score (nSPS) is 19.8. The molecule has 1 N–H and O–H groups in total. The van der Waals surface area contributed by atoms with Crippen LogP contribution in [0.5, 0.6) is 11.5 Å². The summed E-state index contributed by atoms with van der Waals surface area (Å²) in [6, 6.07) is 10.5. The van der Waals surface area contributed by atoms with Crippen molar-refractivity contribution in [2.75, 3.05) is 19.5 Å². The van der Waals surface area contributed by atoms with Crippen molar-refractivity contribution in [2.45, 2.75) is 24.8 Å². The lowest BCUT2D eigenvalue weighted by atomic mass is 9.78. The highest BCUT2D eigenvalue weighted by Gasteiger charge is 2.40. The number of nitrogens with zero attached hydrogens (tertiary/aromatic N) is 3. The molecule has 0 amide bonds. The number of methoxy groups -OCH3 is 2. The molecule has 2 aliphatic rings. The second-order valence-electron chi connectivity index (χ2n) is 7.73. The van der Waals surface area contributed by atoms with Crippen molar-refractivity contribution >= 4 is 34.9 Å². The number of nitrogens with one attached hydrogen (secondary N) is 1. The molecule has 5 rings (SSSR count). The van der Waals surface area contributed by atoms with Gasteiger partial charge >= 0.3 is 0 Å². The van der Waals surface area contributed by atoms with Gasteiger partial charge in [0.15, 0.2) is 17.3 Å². The van der Waals surface area contributed by atoms with E-state index in [1.807, 2.05) is 18.2 Å². The summed E-state index contributed by atoms with van der Waals surface area (Å²) in [7, 11) is 3.20. The maximum Gasteiger partial charge on any atom is 0.226 e. The average molecular weight is 471 g/mol. The Hall–Kier alpha value is -3.03. The third-order valence-corrected chi connectivity index (χ3v) is 6.67. The number of hydrogen-bond donors (Lipinski definition) is 1. The third kappa shape index (κ3) is 3.32. The van der Waals surface area contributed by atoms with E-state index in [0.717, 1.165) is 11.3 Å². The summed E-state index contributed by atoms with van der Waals surface area (Å²) in [5.74, 6) is 1.82. The van der Waals surface area contributed by atoms with Crippen LogP contribution < -0.4 is 14.8 Å². The number of anilines is 1. The standard InChI is InChI=1S/C23H20Cl2N4O3/c1-31-18-7-6-12(10-19(18)32-2)13-8-16-21(17(30)9-13)22(29-23(28-16)26-11-27-29)20-14(24)4-3-5-15(20)25/h3-7,10-11,13,22H,8-9H2,1-2H3,(H,26,27,28)/t13-,22-/m0/s1. The minimum absolute atomic E-state index is 0.0145. The number of aromatic nitrogens is 3. The van der Waals surface area contributed by atoms with Gasteiger partial charge in [-0.2, -0.15) is 10.1 Å². The third-order valence-electron chi connectivity index (χ3n) is 6.01. The van der Waals surface area contributed by atoms with E-state index in [2.05, 4.69) is 15.4 Å². The van der Waals surface area contributed by atoms with E-state index in [1.54, 1.807) is 37.1 Å². The number of allylic oxidation sites excluding steroid dienone is 2. The Bertz CT molecular complexity index is 1230. The van der Waals surface area contributed by atoms with Crippen LogP contribution in [0.1, 0.15) is 35.9 Å². The van der Waals surface area contributed by atoms with Crippen LogP contribution in [0.2, 0.25) is 10.0 Å². The summed E-state index contributed by atoms with van der Waals surface area (Å²) < 4.78 is 12.5. The molecule has 164 valence electrons. The van der Waals surface area contributed by atoms with Gasteiger partial charge in [0.2, 0.25) is 5.95 Å². The molecule has 0 unspecified atom stereocenters. The smallest absolute Gasteiger partial charge is 0.226 e. The van der Waals surface area contributed by atoms with Gasteiger partial charge in [-0.05, 0) is 42.2 Å². The molecule has 32 heavy (non-hydrogen) atoms. The fraction of sp³-hybridized carbons (Fsp3) is 0.261. The zero-order valence-electron chi connectivity index (χ0n) is 17.4. The first kappa shape index (κ1) is 20.8. The van der Waals surface area contributed by atoms with E-state index in [-0.39, 0.29) is 11.7 Å². The molecule has 2 atom stereocenters. The Morgan fingerprint density at radius 3 is 2.53 bits per heavy atom. The summed E-state index contributed by atoms with van der Waals surface area (Å²) >= 11 is 13.1. The zero-order valence-corrected chi connectivity index (χ0v) is 18.9. The number of ether oxygens (including phenoxy) is 2. The highest BCUT2D eigenvalue weighted by atomic mass is 35.5. The van der Waals surface area contributed by atoms with Gasteiger partial charge in [-0.25, -0.2) is 4.68 Å². The summed E-state index contributed by atoms with van der Waals surface area (Å²) in [5.41, 5.74) is 3.08. The second kappa shape index (κ2) is 8.15. The summed E-state index contributed by atoms with van der Waals surface area (Å²) in [6.07, 6.45) is 2.43. The molecule has 1 aliphatic heterocycles. The summed E-state index contributed by atoms with van der Waals surface area (Å²) in [4.78, 5) is 17.9. The van der Waals surface area contributed by atoms with Crippen LogP contribution in [0.25, 0.3) is 0 Å². The molecule has 1 aromatic heterocycles. The Morgan fingerprint density at radius 1 is 1.06 bits per heavy atom. The molecule has 0 spiro atoms. The van der Waals surface area contributed by atoms with Gasteiger partial charge in [0.05, 0.1) is 14.2 Å². The number of benzene rings is 2. The molecule has 3 aromatic rings. The minimum Gasteiger partial charge on any atom is -0.493 e. The van der Waals surface area contributed by atoms with Crippen LogP contribution in [-0.4, -0.2) is 34.8 Å². The summed E-state index contributed by atoms with van der Waals surface area (Å²) in [5, 5.41) is 8.61. The molecule has 0 bridgehead atoms. The molecule has 0 saturated heterocycles. The molecule has 0 fully saturated rings. The monoisotopic (exact) mass is 470 g/mol. The average Bonchev–Trinajstić information content (AvgIpc) is 3.26. The predicted octanol–water partition coefficient (Wildman–Crippen LogP) is 5.02. The van der Waals surface area contributed by atoms with E-state index < -0.39 is 6.04 Å². The van der Waals surface area contributed by atoms with Crippen LogP contribution in [0.4, 0.5) is 5.95 Å². The molecule has 9 heteroatoms. The Kier molecular flexibility index (Phi) is 5.31. The molecule has 2 heterocycles. The van der Waals surface area contributed by atoms with Crippen LogP contribution in [0.15, 0.2) is 54.0 Å². The number of carbonyl (C=O) groups excluding carboxylic acids is 1. The largest absolute Gasteiger partial charge is 0.493 e. The van der Waals surface area contributed by atoms with Gasteiger partial charge in [-0.15, -0.1) is 0 Å². The van der Waals surface area contributed by atoms with Crippen molar-refractivity contribution in [3.63, 3.8) is 0 Å². The van der Waals surface area contributed by atoms with Crippen LogP contribution >= 0.6 is 23.2 Å². The first-order chi connectivity index (χ1) is 15.5. The SMILES string of the molecule is COc1ccc([C@@H]2CC(=O)C3=C(C2)Nc2ncnn2[C@H]3c2c(Cl)cccc2Cl)cc1OC. The fourth-order valence-electron chi connectivity index (χ4n) is 4.53. The maximum atomic E-state index is 13.5. The number of rotatable bonds is 4. The first-order valence-electron chi connectivity index (χ1n) is 10.1. The van der Waals surface area contributed by atoms with Gasteiger partial charge in [-0.1, -0.05) is 35.3 Å². The molecular formula is C23H20Cl2N4O3. The Morgan fingerprint density at radius 2 is 1.81 bits per heavy atom. The highest BCUT2D eigenvalue weighted by molar-refractivity contribution is 6.36. The predicted molar refractivity (Wildman–Crippen MR) is 122 cm³/mol. The second-order valence-corrected chi connectivity index (χ2v) is 8.54. The van der Waals surface area contributed by atoms with Crippen molar-refractivity contribution in [1.29, 1.82) is 0 Å². The van der Waals surface area contributed by atoms with Crippen LogP contribution in [0.3, 0.4) is 0 Å². The Labute approximate surface area is 195 Å². The van der Waals surface area contributed by atoms with Crippen LogP contribution in [0, 0.1) is 0 Å². The van der Waals surface area contributed by atoms with Gasteiger partial charge in [0.1, 0.15) is 12.4 Å². The maximum absolute atomic E-state index is 13.5. The number of ketones is 1. The van der Waals surface area contributed by atoms with Gasteiger partial charge in [0, 0.05) is 33.3 Å². The molecule has 7 nitrogen and oxygen atoms in total. The first-order valence-corrected chi connectivity index (χ1v) is 10.9. The van der Waals surface area contributed by atoms with E-state index in [0.29, 0.717) is 51.5 Å². The topological polar surface area (TPSA) is 78.3 Å². The van der Waals surface area contributed by atoms with Crippen molar-refractivity contribution in [3.8, 4) is 11.5 Å². The zero-order chi connectivity index (χ0) is 22.4. The molecule has 2 aromatic carbocycles. The molecule has 1 aliphatic carbocycles. The quantitative estimate of drug-likeness (QED) is 0.576. The number of halogens is 2. The van der Waals surface area contributed by atoms with Crippen molar-refractivity contribution < 1.29 is 14.3 Å². The number of Topliss-reactive ketones (excluding diaryl/α,β-unsaturated/α-hetero) is 1. The van der Waals surface area contributed by atoms with E-state index in [4.69, 9.17) is 32.7 Å². The van der Waals surface area contributed by atoms with E-state index in [9.17, 15) is 4.79 Å². The lowest BCUT2D eigenvalue weighted by molar-refractivity contribution is -0.116. The lowest BCUT2D eigenvalue weighted by Gasteiger charge is -2.35. The number of carbonyl (C=O) groups is 1. The van der Waals surface area contributed by atoms with Crippen molar-refractivity contribution in [2.24, 2.45) is 0 Å². The lowest BCUT2D eigenvalue weighted by Crippen LogP contribution is -2.33. The van der Waals surface area contributed by atoms with Gasteiger partial charge in [0.25, 0.3) is 0 Å². The van der Waals surface area contributed by atoms with Gasteiger partial charge < -0.3 is 14.8 Å². The summed E-state index contributed by atoms with van der Waals surface area (Å²) in [6.45, 7) is 0. The Balaban J connectivity index is 1.59. The van der Waals surface area contributed by atoms with E-state index >= 15 is 0 Å². The molecule has 0 radical (unpaired) electrons. The van der Waals surface area contributed by atoms with Crippen molar-refractivity contribution in [3.05, 3.63) is 75.2 Å². The molecule has 0 saturated carbocycles. The minimum atomic E-state index is -0.538. The number of hydrogen-bond acceptors (Lipinski definition) is 6. The fourth-order valence-corrected chi connectivity index (χ4v) is 5.14. The number of fused-ring (bicyclic) bond motifs is 1. The van der Waals surface area contributed by atoms with Crippen molar-refractivity contribution in [1.82, 2.24) is 14.8 Å². The molecular weight excluding hydrogens is 451 g/mol. The van der Waals surface area contributed by atoms with Gasteiger partial charge in [-0.3, -0.25) is 4.79 Å².